The minimum Gasteiger partial charge on any atom is -0.464 e. The Labute approximate surface area is 160 Å². The molecule has 2 aromatic rings. The van der Waals surface area contributed by atoms with Gasteiger partial charge in [-0.15, -0.1) is 0 Å². The van der Waals surface area contributed by atoms with Crippen molar-refractivity contribution in [3.05, 3.63) is 36.4 Å². The topological polar surface area (TPSA) is 73.8 Å². The lowest BCUT2D eigenvalue weighted by molar-refractivity contribution is -0.106. The van der Waals surface area contributed by atoms with E-state index in [4.69, 9.17) is 37.9 Å². The van der Waals surface area contributed by atoms with Crippen LogP contribution in [0.25, 0.3) is 0 Å². The molecule has 0 aromatic heterocycles. The molecule has 4 atom stereocenters. The lowest BCUT2D eigenvalue weighted by Crippen LogP contribution is -2.28. The van der Waals surface area contributed by atoms with Crippen LogP contribution < -0.4 is 28.4 Å². The third-order valence-corrected chi connectivity index (χ3v) is 5.35. The van der Waals surface area contributed by atoms with E-state index in [0.29, 0.717) is 36.2 Å². The van der Waals surface area contributed by atoms with Gasteiger partial charge < -0.3 is 37.9 Å². The first-order valence-electron chi connectivity index (χ1n) is 9.19. The number of fused-ring (bicyclic) bond motifs is 3. The van der Waals surface area contributed by atoms with Crippen LogP contribution in [0, 0.1) is 11.8 Å². The third kappa shape index (κ3) is 2.68. The molecule has 2 saturated heterocycles. The molecule has 6 rings (SSSR count). The Bertz CT molecular complexity index is 826. The highest BCUT2D eigenvalue weighted by Crippen LogP contribution is 2.42. The Hall–Kier alpha value is -2.84. The van der Waals surface area contributed by atoms with E-state index in [0.717, 1.165) is 11.5 Å². The van der Waals surface area contributed by atoms with Crippen molar-refractivity contribution in [3.63, 3.8) is 0 Å². The smallest absolute Gasteiger partial charge is 0.231 e. The van der Waals surface area contributed by atoms with Gasteiger partial charge in [-0.1, -0.05) is 0 Å². The van der Waals surface area contributed by atoms with Crippen molar-refractivity contribution < 1.29 is 37.9 Å². The molecule has 8 nitrogen and oxygen atoms in total. The van der Waals surface area contributed by atoms with Crippen molar-refractivity contribution in [2.45, 2.75) is 12.6 Å². The van der Waals surface area contributed by atoms with E-state index in [-0.39, 0.29) is 25.4 Å². The van der Waals surface area contributed by atoms with E-state index in [1.807, 2.05) is 36.4 Å². The van der Waals surface area contributed by atoms with Crippen molar-refractivity contribution >= 4 is 0 Å². The maximum atomic E-state index is 6.04. The summed E-state index contributed by atoms with van der Waals surface area (Å²) in [4.78, 5) is 0. The zero-order valence-electron chi connectivity index (χ0n) is 14.9. The quantitative estimate of drug-likeness (QED) is 0.794. The second kappa shape index (κ2) is 6.35. The maximum Gasteiger partial charge on any atom is 0.231 e. The SMILES string of the molecule is c1cc2c(cc1O[C@H]1OC[C@@H]3[C@H](Oc4ccc5c(c4)OCO5)OC[C@H]13)OCO2. The van der Waals surface area contributed by atoms with Crippen molar-refractivity contribution in [2.24, 2.45) is 11.8 Å². The average Bonchev–Trinajstić information content (AvgIpc) is 3.47. The van der Waals surface area contributed by atoms with E-state index >= 15 is 0 Å². The summed E-state index contributed by atoms with van der Waals surface area (Å²) in [7, 11) is 0. The van der Waals surface area contributed by atoms with E-state index in [9.17, 15) is 0 Å². The molecule has 4 heterocycles. The fourth-order valence-corrected chi connectivity index (χ4v) is 3.88. The van der Waals surface area contributed by atoms with Crippen LogP contribution in [0.4, 0.5) is 0 Å². The molecular formula is C20H18O8. The Morgan fingerprint density at radius 3 is 1.57 bits per heavy atom. The summed E-state index contributed by atoms with van der Waals surface area (Å²) in [6, 6.07) is 11.0. The Kier molecular flexibility index (Phi) is 3.66. The normalized spacial score (nSPS) is 29.0. The van der Waals surface area contributed by atoms with Crippen LogP contribution in [-0.4, -0.2) is 39.4 Å². The molecule has 0 radical (unpaired) electrons. The fraction of sp³-hybridized carbons (Fsp3) is 0.400. The molecule has 4 aliphatic rings. The summed E-state index contributed by atoms with van der Waals surface area (Å²) in [5, 5.41) is 0. The second-order valence-corrected chi connectivity index (χ2v) is 7.00. The average molecular weight is 386 g/mol. The van der Waals surface area contributed by atoms with E-state index in [1.165, 1.54) is 0 Å². The van der Waals surface area contributed by atoms with Crippen LogP contribution in [0.2, 0.25) is 0 Å². The molecule has 146 valence electrons. The summed E-state index contributed by atoms with van der Waals surface area (Å²) in [6.07, 6.45) is -0.786. The molecule has 0 bridgehead atoms. The van der Waals surface area contributed by atoms with Gasteiger partial charge in [-0.3, -0.25) is 0 Å². The number of rotatable bonds is 4. The highest BCUT2D eigenvalue weighted by molar-refractivity contribution is 5.47. The molecule has 8 heteroatoms. The summed E-state index contributed by atoms with van der Waals surface area (Å²) < 4.78 is 45.3. The second-order valence-electron chi connectivity index (χ2n) is 7.00. The molecule has 0 amide bonds. The van der Waals surface area contributed by atoms with E-state index in [2.05, 4.69) is 0 Å². The van der Waals surface area contributed by atoms with E-state index < -0.39 is 12.6 Å². The Balaban J connectivity index is 1.13. The zero-order chi connectivity index (χ0) is 18.5. The number of hydrogen-bond donors (Lipinski definition) is 0. The molecule has 0 spiro atoms. The fourth-order valence-electron chi connectivity index (χ4n) is 3.88. The molecular weight excluding hydrogens is 368 g/mol. The molecule has 0 aliphatic carbocycles. The van der Waals surface area contributed by atoms with Gasteiger partial charge in [0.05, 0.1) is 25.0 Å². The highest BCUT2D eigenvalue weighted by Gasteiger charge is 2.50. The van der Waals surface area contributed by atoms with Crippen LogP contribution in [0.5, 0.6) is 34.5 Å². The van der Waals surface area contributed by atoms with Gasteiger partial charge in [0.15, 0.2) is 23.0 Å². The lowest BCUT2D eigenvalue weighted by Gasteiger charge is -2.18. The molecule has 0 saturated carbocycles. The molecule has 2 aromatic carbocycles. The van der Waals surface area contributed by atoms with Gasteiger partial charge in [-0.05, 0) is 24.3 Å². The molecule has 28 heavy (non-hydrogen) atoms. The summed E-state index contributed by atoms with van der Waals surface area (Å²) in [5.74, 6) is 4.33. The first-order chi connectivity index (χ1) is 13.8. The first-order valence-corrected chi connectivity index (χ1v) is 9.19. The Morgan fingerprint density at radius 1 is 0.607 bits per heavy atom. The van der Waals surface area contributed by atoms with Crippen LogP contribution in [0.15, 0.2) is 36.4 Å². The largest absolute Gasteiger partial charge is 0.464 e. The van der Waals surface area contributed by atoms with Crippen molar-refractivity contribution in [3.8, 4) is 34.5 Å². The van der Waals surface area contributed by atoms with Gasteiger partial charge in [-0.2, -0.15) is 0 Å². The van der Waals surface area contributed by atoms with Crippen molar-refractivity contribution in [1.82, 2.24) is 0 Å². The standard InChI is InChI=1S/C20H18O8/c1-3-15-17(25-9-23-15)5-11(1)27-19-13-7-22-20(14(13)8-21-19)28-12-2-4-16-18(6-12)26-10-24-16/h1-6,13-14,19-20H,7-10H2/t13-,14-,19-,20+/m0/s1. The summed E-state index contributed by atoms with van der Waals surface area (Å²) >= 11 is 0. The van der Waals surface area contributed by atoms with Gasteiger partial charge in [0.1, 0.15) is 11.5 Å². The van der Waals surface area contributed by atoms with Crippen molar-refractivity contribution in [2.75, 3.05) is 26.8 Å². The molecule has 0 unspecified atom stereocenters. The predicted octanol–water partition coefficient (Wildman–Crippen LogP) is 2.55. The minimum absolute atomic E-state index is 0.0874. The Morgan fingerprint density at radius 2 is 1.07 bits per heavy atom. The minimum atomic E-state index is -0.393. The van der Waals surface area contributed by atoms with Crippen LogP contribution >= 0.6 is 0 Å². The first kappa shape index (κ1) is 16.1. The molecule has 4 aliphatic heterocycles. The highest BCUT2D eigenvalue weighted by atomic mass is 16.7. The maximum absolute atomic E-state index is 6.04. The zero-order valence-corrected chi connectivity index (χ0v) is 14.9. The van der Waals surface area contributed by atoms with Crippen molar-refractivity contribution in [1.29, 1.82) is 0 Å². The van der Waals surface area contributed by atoms with Gasteiger partial charge in [0.2, 0.25) is 26.2 Å². The van der Waals surface area contributed by atoms with E-state index in [1.54, 1.807) is 0 Å². The third-order valence-electron chi connectivity index (χ3n) is 5.35. The summed E-state index contributed by atoms with van der Waals surface area (Å²) in [6.45, 7) is 1.48. The number of benzene rings is 2. The number of hydrogen-bond acceptors (Lipinski definition) is 8. The van der Waals surface area contributed by atoms with Crippen LogP contribution in [0.1, 0.15) is 0 Å². The predicted molar refractivity (Wildman–Crippen MR) is 92.8 cm³/mol. The van der Waals surface area contributed by atoms with Gasteiger partial charge >= 0.3 is 0 Å². The van der Waals surface area contributed by atoms with Crippen LogP contribution in [-0.2, 0) is 9.47 Å². The molecule has 0 N–H and O–H groups in total. The van der Waals surface area contributed by atoms with Gasteiger partial charge in [0, 0.05) is 12.1 Å². The monoisotopic (exact) mass is 386 g/mol. The molecule has 2 fully saturated rings. The lowest BCUT2D eigenvalue weighted by atomic mass is 9.98. The van der Waals surface area contributed by atoms with Gasteiger partial charge in [-0.25, -0.2) is 0 Å². The van der Waals surface area contributed by atoms with Crippen LogP contribution in [0.3, 0.4) is 0 Å². The summed E-state index contributed by atoms with van der Waals surface area (Å²) in [5.41, 5.74) is 0. The number of ether oxygens (including phenoxy) is 8. The van der Waals surface area contributed by atoms with Gasteiger partial charge in [0.25, 0.3) is 0 Å².